The zero-order valence-electron chi connectivity index (χ0n) is 11.6. The molecule has 2 rings (SSSR count). The Kier molecular flexibility index (Phi) is 5.85. The second-order valence-corrected chi connectivity index (χ2v) is 5.33. The maximum atomic E-state index is 13.3. The van der Waals surface area contributed by atoms with Crippen LogP contribution in [0.5, 0.6) is 5.75 Å². The normalized spacial score (nSPS) is 10.7. The summed E-state index contributed by atoms with van der Waals surface area (Å²) in [5.74, 6) is 0.0992. The maximum absolute atomic E-state index is 13.3. The lowest BCUT2D eigenvalue weighted by Crippen LogP contribution is -2.11. The molecular weight excluding hydrogens is 312 g/mol. The summed E-state index contributed by atoms with van der Waals surface area (Å²) in [6.07, 6.45) is 0. The Bertz CT molecular complexity index is 619. The number of nitrogens with one attached hydrogen (secondary N) is 1. The molecule has 112 valence electrons. The molecule has 0 aliphatic heterocycles. The predicted octanol–water partition coefficient (Wildman–Crippen LogP) is 4.82. The van der Waals surface area contributed by atoms with Gasteiger partial charge in [0.25, 0.3) is 0 Å². The molecule has 2 aromatic carbocycles. The summed E-state index contributed by atoms with van der Waals surface area (Å²) in [5, 5.41) is 3.83. The highest BCUT2D eigenvalue weighted by Crippen LogP contribution is 2.28. The van der Waals surface area contributed by atoms with Gasteiger partial charge < -0.3 is 10.1 Å². The lowest BCUT2D eigenvalue weighted by Gasteiger charge is -2.11. The molecule has 0 aliphatic carbocycles. The van der Waals surface area contributed by atoms with E-state index in [0.717, 1.165) is 18.7 Å². The fourth-order valence-electron chi connectivity index (χ4n) is 1.86. The molecule has 1 N–H and O–H groups in total. The number of benzene rings is 2. The van der Waals surface area contributed by atoms with Gasteiger partial charge in [-0.05, 0) is 30.3 Å². The summed E-state index contributed by atoms with van der Waals surface area (Å²) < 4.78 is 18.9. The van der Waals surface area contributed by atoms with Crippen LogP contribution in [-0.4, -0.2) is 6.54 Å². The van der Waals surface area contributed by atoms with Crippen molar-refractivity contribution in [3.8, 4) is 5.75 Å². The van der Waals surface area contributed by atoms with Gasteiger partial charge in [0.2, 0.25) is 0 Å². The molecule has 21 heavy (non-hydrogen) atoms. The van der Waals surface area contributed by atoms with E-state index in [9.17, 15) is 4.39 Å². The van der Waals surface area contributed by atoms with Crippen LogP contribution in [-0.2, 0) is 13.2 Å². The van der Waals surface area contributed by atoms with E-state index in [-0.39, 0.29) is 11.6 Å². The molecular formula is C16H16Cl2FNO. The Balaban J connectivity index is 2.04. The molecule has 0 fully saturated rings. The number of halogens is 3. The molecule has 0 amide bonds. The lowest BCUT2D eigenvalue weighted by molar-refractivity contribution is 0.306. The first-order valence-corrected chi connectivity index (χ1v) is 7.42. The average molecular weight is 328 g/mol. The Morgan fingerprint density at radius 3 is 2.71 bits per heavy atom. The van der Waals surface area contributed by atoms with Crippen LogP contribution >= 0.6 is 23.2 Å². The van der Waals surface area contributed by atoms with Crippen LogP contribution in [0, 0.1) is 5.82 Å². The fourth-order valence-corrected chi connectivity index (χ4v) is 2.29. The first-order chi connectivity index (χ1) is 10.1. The van der Waals surface area contributed by atoms with Crippen molar-refractivity contribution >= 4 is 23.2 Å². The largest absolute Gasteiger partial charge is 0.487 e. The third kappa shape index (κ3) is 4.34. The number of rotatable bonds is 6. The Morgan fingerprint density at radius 2 is 2.00 bits per heavy atom. The molecule has 0 radical (unpaired) electrons. The van der Waals surface area contributed by atoms with Gasteiger partial charge >= 0.3 is 0 Å². The summed E-state index contributed by atoms with van der Waals surface area (Å²) in [4.78, 5) is 0. The molecule has 0 unspecified atom stereocenters. The summed E-state index contributed by atoms with van der Waals surface area (Å²) >= 11 is 12.1. The van der Waals surface area contributed by atoms with Crippen molar-refractivity contribution in [2.75, 3.05) is 6.54 Å². The molecule has 5 heteroatoms. The third-order valence-electron chi connectivity index (χ3n) is 2.99. The van der Waals surface area contributed by atoms with Crippen LogP contribution in [0.25, 0.3) is 0 Å². The van der Waals surface area contributed by atoms with Crippen LogP contribution in [0.2, 0.25) is 10.0 Å². The Morgan fingerprint density at radius 1 is 1.19 bits per heavy atom. The molecule has 2 aromatic rings. The van der Waals surface area contributed by atoms with E-state index >= 15 is 0 Å². The standard InChI is InChI=1S/C16H16Cl2FNO/c1-2-20-9-11-6-7-15(13(17)8-11)21-10-12-4-3-5-14(19)16(12)18/h3-8,20H,2,9-10H2,1H3. The topological polar surface area (TPSA) is 21.3 Å². The highest BCUT2D eigenvalue weighted by Gasteiger charge is 2.08. The summed E-state index contributed by atoms with van der Waals surface area (Å²) in [5.41, 5.74) is 1.67. The molecule has 0 heterocycles. The van der Waals surface area contributed by atoms with E-state index in [1.807, 2.05) is 25.1 Å². The van der Waals surface area contributed by atoms with Crippen LogP contribution in [0.4, 0.5) is 4.39 Å². The van der Waals surface area contributed by atoms with E-state index < -0.39 is 5.82 Å². The van der Waals surface area contributed by atoms with E-state index in [4.69, 9.17) is 27.9 Å². The maximum Gasteiger partial charge on any atom is 0.142 e. The average Bonchev–Trinajstić information content (AvgIpc) is 2.48. The third-order valence-corrected chi connectivity index (χ3v) is 3.71. The Labute approximate surface area is 133 Å². The molecule has 0 saturated carbocycles. The van der Waals surface area contributed by atoms with E-state index in [1.165, 1.54) is 6.07 Å². The highest BCUT2D eigenvalue weighted by molar-refractivity contribution is 6.32. The quantitative estimate of drug-likeness (QED) is 0.821. The number of ether oxygens (including phenoxy) is 1. The van der Waals surface area contributed by atoms with E-state index in [2.05, 4.69) is 5.32 Å². The van der Waals surface area contributed by atoms with Gasteiger partial charge in [0, 0.05) is 12.1 Å². The smallest absolute Gasteiger partial charge is 0.142 e. The van der Waals surface area contributed by atoms with Crippen LogP contribution < -0.4 is 10.1 Å². The van der Waals surface area contributed by atoms with Crippen molar-refractivity contribution in [1.82, 2.24) is 5.32 Å². The molecule has 0 spiro atoms. The van der Waals surface area contributed by atoms with Gasteiger partial charge in [-0.2, -0.15) is 0 Å². The summed E-state index contributed by atoms with van der Waals surface area (Å²) in [7, 11) is 0. The van der Waals surface area contributed by atoms with Gasteiger partial charge in [0.15, 0.2) is 0 Å². The van der Waals surface area contributed by atoms with Gasteiger partial charge in [0.05, 0.1) is 10.0 Å². The van der Waals surface area contributed by atoms with E-state index in [0.29, 0.717) is 16.3 Å². The molecule has 0 aliphatic rings. The van der Waals surface area contributed by atoms with Gasteiger partial charge in [-0.3, -0.25) is 0 Å². The Hall–Kier alpha value is -1.29. The number of hydrogen-bond donors (Lipinski definition) is 1. The first-order valence-electron chi connectivity index (χ1n) is 6.66. The lowest BCUT2D eigenvalue weighted by atomic mass is 10.2. The minimum absolute atomic E-state index is 0.0809. The van der Waals surface area contributed by atoms with Crippen molar-refractivity contribution in [2.24, 2.45) is 0 Å². The second kappa shape index (κ2) is 7.64. The zero-order valence-corrected chi connectivity index (χ0v) is 13.1. The van der Waals surface area contributed by atoms with Crippen molar-refractivity contribution < 1.29 is 9.13 Å². The molecule has 0 saturated heterocycles. The number of hydrogen-bond acceptors (Lipinski definition) is 2. The van der Waals surface area contributed by atoms with Gasteiger partial charge in [-0.1, -0.05) is 48.3 Å². The first kappa shape index (κ1) is 16.1. The highest BCUT2D eigenvalue weighted by atomic mass is 35.5. The minimum Gasteiger partial charge on any atom is -0.487 e. The van der Waals surface area contributed by atoms with Gasteiger partial charge in [-0.15, -0.1) is 0 Å². The van der Waals surface area contributed by atoms with Crippen LogP contribution in [0.15, 0.2) is 36.4 Å². The molecule has 0 bridgehead atoms. The van der Waals surface area contributed by atoms with Crippen molar-refractivity contribution in [2.45, 2.75) is 20.1 Å². The van der Waals surface area contributed by atoms with Crippen LogP contribution in [0.1, 0.15) is 18.1 Å². The molecule has 2 nitrogen and oxygen atoms in total. The molecule has 0 atom stereocenters. The van der Waals surface area contributed by atoms with Crippen LogP contribution in [0.3, 0.4) is 0 Å². The van der Waals surface area contributed by atoms with Gasteiger partial charge in [0.1, 0.15) is 18.2 Å². The van der Waals surface area contributed by atoms with Crippen molar-refractivity contribution in [3.05, 3.63) is 63.4 Å². The SMILES string of the molecule is CCNCc1ccc(OCc2cccc(F)c2Cl)c(Cl)c1. The predicted molar refractivity (Wildman–Crippen MR) is 84.6 cm³/mol. The van der Waals surface area contributed by atoms with Gasteiger partial charge in [-0.25, -0.2) is 4.39 Å². The zero-order chi connectivity index (χ0) is 15.2. The summed E-state index contributed by atoms with van der Waals surface area (Å²) in [6.45, 7) is 3.87. The van der Waals surface area contributed by atoms with E-state index in [1.54, 1.807) is 12.1 Å². The second-order valence-electron chi connectivity index (χ2n) is 4.55. The van der Waals surface area contributed by atoms with Crippen molar-refractivity contribution in [1.29, 1.82) is 0 Å². The molecule has 0 aromatic heterocycles. The minimum atomic E-state index is -0.454. The fraction of sp³-hybridized carbons (Fsp3) is 0.250. The monoisotopic (exact) mass is 327 g/mol. The van der Waals surface area contributed by atoms with Crippen molar-refractivity contribution in [3.63, 3.8) is 0 Å². The summed E-state index contributed by atoms with van der Waals surface area (Å²) in [6, 6.07) is 10.2.